The molecule has 0 aliphatic heterocycles. The van der Waals surface area contributed by atoms with Crippen LogP contribution in [0.4, 0.5) is 0 Å². The molecule has 10 heteroatoms. The number of carboxylic acid groups (broad SMARTS) is 2. The van der Waals surface area contributed by atoms with Gasteiger partial charge in [-0.2, -0.15) is 0 Å². The number of amides is 2. The van der Waals surface area contributed by atoms with E-state index in [0.717, 1.165) is 0 Å². The lowest BCUT2D eigenvalue weighted by Crippen LogP contribution is -2.44. The molecule has 34 heavy (non-hydrogen) atoms. The van der Waals surface area contributed by atoms with Gasteiger partial charge in [-0.05, 0) is 16.8 Å². The van der Waals surface area contributed by atoms with E-state index in [4.69, 9.17) is 9.84 Å². The lowest BCUT2D eigenvalue weighted by Gasteiger charge is -2.13. The van der Waals surface area contributed by atoms with Crippen LogP contribution < -0.4 is 15.4 Å². The number of carbonyl (C=O) groups excluding carboxylic acids is 3. The van der Waals surface area contributed by atoms with Gasteiger partial charge in [-0.15, -0.1) is 12.8 Å². The largest absolute Gasteiger partial charge is 0.483 e. The first-order valence-electron chi connectivity index (χ1n) is 10.2. The van der Waals surface area contributed by atoms with Crippen molar-refractivity contribution in [3.63, 3.8) is 0 Å². The Bertz CT molecular complexity index is 1020. The zero-order chi connectivity index (χ0) is 26.1. The van der Waals surface area contributed by atoms with Crippen molar-refractivity contribution in [2.45, 2.75) is 32.7 Å². The average molecular weight is 472 g/mol. The van der Waals surface area contributed by atoms with E-state index in [2.05, 4.69) is 37.3 Å². The van der Waals surface area contributed by atoms with E-state index in [-0.39, 0.29) is 17.6 Å². The molecule has 0 fully saturated rings. The van der Waals surface area contributed by atoms with Crippen molar-refractivity contribution in [2.75, 3.05) is 13.2 Å². The molecule has 0 aromatic heterocycles. The fraction of sp³-hybridized carbons (Fsp3) is 0.292. The van der Waals surface area contributed by atoms with Crippen LogP contribution in [-0.2, 0) is 19.2 Å². The molecule has 0 saturated heterocycles. The Morgan fingerprint density at radius 2 is 1.65 bits per heavy atom. The number of aldehydes is 1. The summed E-state index contributed by atoms with van der Waals surface area (Å²) in [5.74, 6) is -3.93. The van der Waals surface area contributed by atoms with Crippen molar-refractivity contribution >= 4 is 40.8 Å². The lowest BCUT2D eigenvalue weighted by molar-refractivity contribution is -0.139. The summed E-state index contributed by atoms with van der Waals surface area (Å²) in [5, 5.41) is 23.6. The molecule has 2 aromatic carbocycles. The summed E-state index contributed by atoms with van der Waals surface area (Å²) < 4.78 is 5.30. The number of hydrogen-bond acceptors (Lipinski definition) is 6. The zero-order valence-corrected chi connectivity index (χ0v) is 18.9. The van der Waals surface area contributed by atoms with Crippen LogP contribution in [0.25, 0.3) is 10.8 Å². The van der Waals surface area contributed by atoms with Crippen molar-refractivity contribution in [3.05, 3.63) is 42.0 Å². The van der Waals surface area contributed by atoms with Crippen molar-refractivity contribution < 1.29 is 38.9 Å². The second-order valence-corrected chi connectivity index (χ2v) is 6.65. The minimum absolute atomic E-state index is 0.00159. The fourth-order valence-electron chi connectivity index (χ4n) is 2.54. The van der Waals surface area contributed by atoms with E-state index in [1.54, 1.807) is 30.3 Å². The summed E-state index contributed by atoms with van der Waals surface area (Å²) in [6.45, 7) is 3.20. The van der Waals surface area contributed by atoms with E-state index < -0.39 is 49.4 Å². The molecule has 1 atom stereocenters. The van der Waals surface area contributed by atoms with Gasteiger partial charge in [0.25, 0.3) is 5.91 Å². The molecule has 0 saturated carbocycles. The number of terminal acetylenes is 1. The first-order chi connectivity index (χ1) is 16.2. The molecule has 0 heterocycles. The van der Waals surface area contributed by atoms with Crippen LogP contribution in [0.5, 0.6) is 5.75 Å². The van der Waals surface area contributed by atoms with Gasteiger partial charge < -0.3 is 30.4 Å². The number of carbonyl (C=O) groups is 5. The Kier molecular flexibility index (Phi) is 14.2. The maximum Gasteiger partial charge on any atom is 0.340 e. The van der Waals surface area contributed by atoms with Crippen LogP contribution in [0.2, 0.25) is 0 Å². The molecule has 2 aromatic rings. The molecule has 10 nitrogen and oxygen atoms in total. The number of benzene rings is 2. The van der Waals surface area contributed by atoms with E-state index in [9.17, 15) is 29.1 Å². The second-order valence-electron chi connectivity index (χ2n) is 6.65. The number of fused-ring (bicyclic) bond motifs is 1. The van der Waals surface area contributed by atoms with Gasteiger partial charge in [0.1, 0.15) is 17.6 Å². The molecular weight excluding hydrogens is 444 g/mol. The number of aliphatic carboxylic acids is 1. The van der Waals surface area contributed by atoms with Gasteiger partial charge >= 0.3 is 11.9 Å². The maximum atomic E-state index is 11.9. The molecular formula is C24H28N2O8. The molecule has 2 amide bonds. The molecule has 2 rings (SSSR count). The summed E-state index contributed by atoms with van der Waals surface area (Å²) in [6.07, 6.45) is 8.95. The van der Waals surface area contributed by atoms with Gasteiger partial charge in [0.15, 0.2) is 6.61 Å². The average Bonchev–Trinajstić information content (AvgIpc) is 2.81. The summed E-state index contributed by atoms with van der Waals surface area (Å²) >= 11 is 0. The Labute approximate surface area is 197 Å². The smallest absolute Gasteiger partial charge is 0.340 e. The van der Waals surface area contributed by atoms with Gasteiger partial charge in [0.2, 0.25) is 5.91 Å². The van der Waals surface area contributed by atoms with E-state index in [1.165, 1.54) is 12.5 Å². The summed E-state index contributed by atoms with van der Waals surface area (Å²) in [6, 6.07) is 8.70. The lowest BCUT2D eigenvalue weighted by atomic mass is 10.0. The highest BCUT2D eigenvalue weighted by molar-refractivity contribution is 6.06. The quantitative estimate of drug-likeness (QED) is 0.301. The molecule has 0 spiro atoms. The van der Waals surface area contributed by atoms with Crippen molar-refractivity contribution in [2.24, 2.45) is 0 Å². The fourth-order valence-corrected chi connectivity index (χ4v) is 2.54. The Hall–Kier alpha value is -4.39. The van der Waals surface area contributed by atoms with Crippen molar-refractivity contribution in [3.8, 4) is 18.6 Å². The Balaban J connectivity index is 0.00000201. The highest BCUT2D eigenvalue weighted by Crippen LogP contribution is 2.28. The first kappa shape index (κ1) is 29.6. The van der Waals surface area contributed by atoms with Crippen LogP contribution in [0.1, 0.15) is 37.0 Å². The number of carboxylic acids is 2. The van der Waals surface area contributed by atoms with Gasteiger partial charge in [-0.1, -0.05) is 50.6 Å². The zero-order valence-electron chi connectivity index (χ0n) is 18.9. The highest BCUT2D eigenvalue weighted by Gasteiger charge is 2.18. The van der Waals surface area contributed by atoms with E-state index in [1.807, 2.05) is 0 Å². The third-order valence-corrected chi connectivity index (χ3v) is 3.81. The molecule has 0 unspecified atom stereocenters. The van der Waals surface area contributed by atoms with E-state index >= 15 is 0 Å². The van der Waals surface area contributed by atoms with Crippen LogP contribution >= 0.6 is 0 Å². The Morgan fingerprint density at radius 3 is 2.21 bits per heavy atom. The van der Waals surface area contributed by atoms with Crippen LogP contribution in [0, 0.1) is 12.8 Å². The van der Waals surface area contributed by atoms with Gasteiger partial charge in [-0.25, -0.2) is 4.79 Å². The summed E-state index contributed by atoms with van der Waals surface area (Å²) in [5.41, 5.74) is -0.0869. The minimum atomic E-state index is -1.26. The number of aromatic carboxylic acids is 1. The van der Waals surface area contributed by atoms with Gasteiger partial charge in [0, 0.05) is 0 Å². The normalized spacial score (nSPS) is 10.2. The number of nitrogens with one attached hydrogen (secondary N) is 2. The number of hydrogen-bond donors (Lipinski definition) is 4. The minimum Gasteiger partial charge on any atom is -0.483 e. The molecule has 0 bridgehead atoms. The maximum absolute atomic E-state index is 11.9. The topological polar surface area (TPSA) is 159 Å². The van der Waals surface area contributed by atoms with Crippen LogP contribution in [-0.4, -0.2) is 59.4 Å². The SMILES string of the molecule is C#C.CCC.O=C[C@H](CC(=O)O)NC(=O)CNC(=O)COc1ccc2ccccc2c1C(=O)O. The third-order valence-electron chi connectivity index (χ3n) is 3.81. The molecule has 0 aliphatic rings. The van der Waals surface area contributed by atoms with Crippen LogP contribution in [0.3, 0.4) is 0 Å². The third kappa shape index (κ3) is 10.3. The summed E-state index contributed by atoms with van der Waals surface area (Å²) in [4.78, 5) is 56.4. The number of rotatable bonds is 10. The van der Waals surface area contributed by atoms with E-state index in [0.29, 0.717) is 10.8 Å². The van der Waals surface area contributed by atoms with Gasteiger partial charge in [-0.3, -0.25) is 14.4 Å². The predicted molar refractivity (Wildman–Crippen MR) is 126 cm³/mol. The van der Waals surface area contributed by atoms with Gasteiger partial charge in [0.05, 0.1) is 19.0 Å². The molecule has 4 N–H and O–H groups in total. The molecule has 0 aliphatic carbocycles. The van der Waals surface area contributed by atoms with Crippen molar-refractivity contribution in [1.82, 2.24) is 10.6 Å². The predicted octanol–water partition coefficient (Wildman–Crippen LogP) is 1.86. The molecule has 182 valence electrons. The number of ether oxygens (including phenoxy) is 1. The standard InChI is InChI=1S/C19H18N2O8.C3H8.C2H2/c22-9-12(7-17(25)26)21-15(23)8-20-16(24)10-29-14-6-5-11-3-1-2-4-13(11)18(14)19(27)28;1-3-2;1-2/h1-6,9,12H,7-8,10H2,(H,20,24)(H,21,23)(H,25,26)(H,27,28);3H2,1-2H3;1-2H/t12-;;/m0../s1. The highest BCUT2D eigenvalue weighted by atomic mass is 16.5. The Morgan fingerprint density at radius 1 is 1.03 bits per heavy atom. The molecule has 0 radical (unpaired) electrons. The summed E-state index contributed by atoms with van der Waals surface area (Å²) in [7, 11) is 0. The monoisotopic (exact) mass is 472 g/mol. The second kappa shape index (κ2) is 16.3. The first-order valence-corrected chi connectivity index (χ1v) is 10.2. The van der Waals surface area contributed by atoms with Crippen LogP contribution in [0.15, 0.2) is 36.4 Å². The van der Waals surface area contributed by atoms with Crippen molar-refractivity contribution in [1.29, 1.82) is 0 Å².